The van der Waals surface area contributed by atoms with Crippen molar-refractivity contribution in [2.45, 2.75) is 13.0 Å². The highest BCUT2D eigenvalue weighted by atomic mass is 19.1. The van der Waals surface area contributed by atoms with Crippen molar-refractivity contribution < 1.29 is 23.1 Å². The summed E-state index contributed by atoms with van der Waals surface area (Å²) in [6, 6.07) is 6.88. The molecule has 154 valence electrons. The molecule has 10 heteroatoms. The summed E-state index contributed by atoms with van der Waals surface area (Å²) in [5.74, 6) is -1.03. The SMILES string of the molecule is C[C@H](Oc1cc2c3c(c(-c4ccc5oc(N)nc5c4)[nH]c3c1F)NCCO2)C(N)=O. The number of rotatable bonds is 4. The van der Waals surface area contributed by atoms with Crippen molar-refractivity contribution in [3.05, 3.63) is 30.1 Å². The first kappa shape index (κ1) is 18.1. The zero-order chi connectivity index (χ0) is 21.0. The molecule has 30 heavy (non-hydrogen) atoms. The number of nitrogens with zero attached hydrogens (tertiary/aromatic N) is 1. The van der Waals surface area contributed by atoms with Crippen molar-refractivity contribution in [3.8, 4) is 22.8 Å². The first-order valence-electron chi connectivity index (χ1n) is 9.29. The summed E-state index contributed by atoms with van der Waals surface area (Å²) in [4.78, 5) is 18.6. The van der Waals surface area contributed by atoms with E-state index in [1.807, 2.05) is 6.07 Å². The Morgan fingerprint density at radius 2 is 2.20 bits per heavy atom. The minimum Gasteiger partial charge on any atom is -0.491 e. The number of ether oxygens (including phenoxy) is 2. The molecule has 1 amide bonds. The molecule has 0 radical (unpaired) electrons. The number of nitrogens with one attached hydrogen (secondary N) is 2. The molecule has 1 aliphatic heterocycles. The smallest absolute Gasteiger partial charge is 0.292 e. The second-order valence-electron chi connectivity index (χ2n) is 6.98. The second kappa shape index (κ2) is 6.55. The molecule has 0 spiro atoms. The molecule has 0 bridgehead atoms. The summed E-state index contributed by atoms with van der Waals surface area (Å²) in [5.41, 5.74) is 14.3. The molecule has 9 nitrogen and oxygen atoms in total. The molecule has 0 unspecified atom stereocenters. The molecular formula is C20H18FN5O4. The van der Waals surface area contributed by atoms with Crippen LogP contribution in [-0.2, 0) is 4.79 Å². The summed E-state index contributed by atoms with van der Waals surface area (Å²) >= 11 is 0. The number of aromatic amines is 1. The zero-order valence-electron chi connectivity index (χ0n) is 15.9. The third-order valence-corrected chi connectivity index (χ3v) is 5.00. The molecule has 2 aromatic carbocycles. The number of hydrogen-bond acceptors (Lipinski definition) is 7. The van der Waals surface area contributed by atoms with Crippen LogP contribution in [-0.4, -0.2) is 35.1 Å². The van der Waals surface area contributed by atoms with Gasteiger partial charge in [-0.1, -0.05) is 0 Å². The van der Waals surface area contributed by atoms with Gasteiger partial charge < -0.3 is 35.7 Å². The van der Waals surface area contributed by atoms with Gasteiger partial charge in [-0.2, -0.15) is 4.98 Å². The van der Waals surface area contributed by atoms with Crippen LogP contribution in [0.25, 0.3) is 33.3 Å². The average Bonchev–Trinajstić information content (AvgIpc) is 3.20. The predicted octanol–water partition coefficient (Wildman–Crippen LogP) is 2.75. The van der Waals surface area contributed by atoms with E-state index in [4.69, 9.17) is 25.4 Å². The number of carbonyl (C=O) groups is 1. The topological polar surface area (TPSA) is 141 Å². The van der Waals surface area contributed by atoms with Crippen molar-refractivity contribution in [3.63, 3.8) is 0 Å². The number of hydrogen-bond donors (Lipinski definition) is 4. The van der Waals surface area contributed by atoms with E-state index in [1.54, 1.807) is 12.1 Å². The molecule has 3 heterocycles. The number of H-pyrrole nitrogens is 1. The number of fused-ring (bicyclic) bond motifs is 1. The van der Waals surface area contributed by atoms with E-state index < -0.39 is 17.8 Å². The zero-order valence-corrected chi connectivity index (χ0v) is 15.9. The van der Waals surface area contributed by atoms with Crippen molar-refractivity contribution in [1.29, 1.82) is 0 Å². The van der Waals surface area contributed by atoms with Gasteiger partial charge in [-0.15, -0.1) is 0 Å². The number of benzene rings is 2. The van der Waals surface area contributed by atoms with Gasteiger partial charge in [0.1, 0.15) is 17.9 Å². The van der Waals surface area contributed by atoms with Gasteiger partial charge >= 0.3 is 0 Å². The van der Waals surface area contributed by atoms with Crippen molar-refractivity contribution in [2.75, 3.05) is 24.2 Å². The molecule has 0 fully saturated rings. The normalized spacial score (nSPS) is 14.2. The number of aromatic nitrogens is 2. The number of nitrogens with two attached hydrogens (primary N) is 2. The molecule has 0 aliphatic carbocycles. The highest BCUT2D eigenvalue weighted by molar-refractivity contribution is 6.06. The maximum absolute atomic E-state index is 15.3. The molecule has 5 rings (SSSR count). The Hall–Kier alpha value is -3.95. The number of nitrogen functional groups attached to an aromatic ring is 1. The Morgan fingerprint density at radius 3 is 3.00 bits per heavy atom. The predicted molar refractivity (Wildman–Crippen MR) is 109 cm³/mol. The maximum atomic E-state index is 15.3. The van der Waals surface area contributed by atoms with Crippen molar-refractivity contribution in [1.82, 2.24) is 9.97 Å². The fourth-order valence-electron chi connectivity index (χ4n) is 3.57. The van der Waals surface area contributed by atoms with Crippen LogP contribution in [0.2, 0.25) is 0 Å². The molecule has 1 aliphatic rings. The van der Waals surface area contributed by atoms with Crippen molar-refractivity contribution in [2.24, 2.45) is 5.73 Å². The number of amides is 1. The van der Waals surface area contributed by atoms with Gasteiger partial charge in [-0.25, -0.2) is 4.39 Å². The lowest BCUT2D eigenvalue weighted by Gasteiger charge is -2.14. The van der Waals surface area contributed by atoms with Gasteiger partial charge in [0, 0.05) is 18.2 Å². The van der Waals surface area contributed by atoms with E-state index in [-0.39, 0.29) is 17.3 Å². The fourth-order valence-corrected chi connectivity index (χ4v) is 3.57. The third-order valence-electron chi connectivity index (χ3n) is 5.00. The lowest BCUT2D eigenvalue weighted by atomic mass is 10.1. The van der Waals surface area contributed by atoms with E-state index in [2.05, 4.69) is 15.3 Å². The largest absolute Gasteiger partial charge is 0.491 e. The van der Waals surface area contributed by atoms with Crippen LogP contribution in [0.5, 0.6) is 11.5 Å². The summed E-state index contributed by atoms with van der Waals surface area (Å²) in [5, 5.41) is 3.84. The highest BCUT2D eigenvalue weighted by Gasteiger charge is 2.26. The Labute approximate surface area is 169 Å². The van der Waals surface area contributed by atoms with Gasteiger partial charge in [0.25, 0.3) is 11.9 Å². The summed E-state index contributed by atoms with van der Waals surface area (Å²) in [6.45, 7) is 2.35. The van der Waals surface area contributed by atoms with E-state index in [0.29, 0.717) is 46.8 Å². The first-order chi connectivity index (χ1) is 14.4. The summed E-state index contributed by atoms with van der Waals surface area (Å²) < 4.78 is 31.8. The lowest BCUT2D eigenvalue weighted by Crippen LogP contribution is -2.30. The highest BCUT2D eigenvalue weighted by Crippen LogP contribution is 2.45. The lowest BCUT2D eigenvalue weighted by molar-refractivity contribution is -0.124. The summed E-state index contributed by atoms with van der Waals surface area (Å²) in [6.07, 6.45) is -0.998. The minimum absolute atomic E-state index is 0.0714. The minimum atomic E-state index is -0.998. The molecule has 2 aromatic heterocycles. The van der Waals surface area contributed by atoms with Gasteiger partial charge in [-0.05, 0) is 25.1 Å². The molecule has 6 N–H and O–H groups in total. The molecule has 0 saturated carbocycles. The van der Waals surface area contributed by atoms with E-state index in [9.17, 15) is 4.79 Å². The monoisotopic (exact) mass is 411 g/mol. The molecule has 0 saturated heterocycles. The van der Waals surface area contributed by atoms with Crippen LogP contribution >= 0.6 is 0 Å². The van der Waals surface area contributed by atoms with Crippen LogP contribution < -0.4 is 26.3 Å². The first-order valence-corrected chi connectivity index (χ1v) is 9.29. The van der Waals surface area contributed by atoms with Crippen LogP contribution in [0.15, 0.2) is 28.7 Å². The number of anilines is 2. The molecular weight excluding hydrogens is 393 g/mol. The number of halogens is 1. The van der Waals surface area contributed by atoms with E-state index in [1.165, 1.54) is 13.0 Å². The summed E-state index contributed by atoms with van der Waals surface area (Å²) in [7, 11) is 0. The maximum Gasteiger partial charge on any atom is 0.292 e. The Kier molecular flexibility index (Phi) is 3.95. The van der Waals surface area contributed by atoms with E-state index >= 15 is 4.39 Å². The number of primary amides is 1. The molecule has 1 atom stereocenters. The quantitative estimate of drug-likeness (QED) is 0.404. The van der Waals surface area contributed by atoms with Crippen molar-refractivity contribution >= 4 is 39.6 Å². The van der Waals surface area contributed by atoms with Gasteiger partial charge in [0.2, 0.25) is 0 Å². The number of oxazole rings is 1. The van der Waals surface area contributed by atoms with E-state index in [0.717, 1.165) is 5.56 Å². The van der Waals surface area contributed by atoms with Gasteiger partial charge in [0.15, 0.2) is 23.3 Å². The van der Waals surface area contributed by atoms with Crippen LogP contribution in [0.4, 0.5) is 16.1 Å². The third kappa shape index (κ3) is 2.76. The van der Waals surface area contributed by atoms with Crippen LogP contribution in [0.1, 0.15) is 6.92 Å². The standard InChI is InChI=1S/C20H18FN5O4/c1-8(19(22)27)29-13-7-12-14-17(15(13)21)26-16(18(14)24-4-5-28-12)9-2-3-11-10(6-9)25-20(23)30-11/h2-3,6-8,24,26H,4-5H2,1H3,(H2,22,27)(H2,23,25)/t8-/m0/s1. The Bertz CT molecular complexity index is 1310. The van der Waals surface area contributed by atoms with Gasteiger partial charge in [-0.3, -0.25) is 4.79 Å². The van der Waals surface area contributed by atoms with Crippen LogP contribution in [0.3, 0.4) is 0 Å². The van der Waals surface area contributed by atoms with Gasteiger partial charge in [0.05, 0.1) is 22.3 Å². The Balaban J connectivity index is 1.72. The number of carbonyl (C=O) groups excluding carboxylic acids is 1. The fraction of sp³-hybridized carbons (Fsp3) is 0.200. The average molecular weight is 411 g/mol. The molecule has 4 aromatic rings. The second-order valence-corrected chi connectivity index (χ2v) is 6.98. The van der Waals surface area contributed by atoms with Crippen LogP contribution in [0, 0.1) is 5.82 Å². The Morgan fingerprint density at radius 1 is 1.37 bits per heavy atom.